The number of carbonyl (C=O) groups is 2. The lowest BCUT2D eigenvalue weighted by Gasteiger charge is -2.38. The third-order valence-corrected chi connectivity index (χ3v) is 7.32. The van der Waals surface area contributed by atoms with Crippen LogP contribution in [0.3, 0.4) is 0 Å². The second kappa shape index (κ2) is 11.6. The minimum Gasteiger partial charge on any atom is -0.494 e. The number of benzene rings is 3. The molecular weight excluding hydrogens is 504 g/mol. The summed E-state index contributed by atoms with van der Waals surface area (Å²) in [5.41, 5.74) is 4.72. The van der Waals surface area contributed by atoms with Crippen LogP contribution in [0.4, 0.5) is 0 Å². The second-order valence-electron chi connectivity index (χ2n) is 10.0. The molecule has 4 aliphatic rings. The lowest BCUT2D eigenvalue weighted by molar-refractivity contribution is -0.121. The fraction of sp³-hybridized carbons (Fsp3) is 0.250. The minimum absolute atomic E-state index is 0.0241. The Kier molecular flexibility index (Phi) is 7.39. The van der Waals surface area contributed by atoms with Crippen LogP contribution in [0.2, 0.25) is 0 Å². The molecule has 1 unspecified atom stereocenters. The lowest BCUT2D eigenvalue weighted by Crippen LogP contribution is -2.40. The molecule has 1 aromatic heterocycles. The van der Waals surface area contributed by atoms with Crippen molar-refractivity contribution in [2.75, 3.05) is 19.7 Å². The Morgan fingerprint density at radius 1 is 0.900 bits per heavy atom. The van der Waals surface area contributed by atoms with E-state index in [0.717, 1.165) is 39.5 Å². The number of amides is 2. The summed E-state index contributed by atoms with van der Waals surface area (Å²) in [5.74, 6) is 2.12. The average Bonchev–Trinajstić information content (AvgIpc) is 3.00. The molecule has 0 aliphatic carbocycles. The van der Waals surface area contributed by atoms with E-state index in [4.69, 9.17) is 9.47 Å². The fourth-order valence-corrected chi connectivity index (χ4v) is 5.30. The highest BCUT2D eigenvalue weighted by atomic mass is 16.5. The number of aromatic nitrogens is 2. The van der Waals surface area contributed by atoms with Crippen molar-refractivity contribution in [3.8, 4) is 17.2 Å². The van der Waals surface area contributed by atoms with E-state index in [2.05, 4.69) is 27.6 Å². The zero-order valence-electron chi connectivity index (χ0n) is 22.1. The van der Waals surface area contributed by atoms with Gasteiger partial charge in [-0.25, -0.2) is 0 Å². The molecule has 0 radical (unpaired) electrons. The van der Waals surface area contributed by atoms with Gasteiger partial charge in [-0.15, -0.1) is 0 Å². The molecule has 8 bridgehead atoms. The van der Waals surface area contributed by atoms with Crippen LogP contribution in [-0.2, 0) is 17.6 Å². The first-order valence-electron chi connectivity index (χ1n) is 13.6. The summed E-state index contributed by atoms with van der Waals surface area (Å²) in [6, 6.07) is 23.2. The highest BCUT2D eigenvalue weighted by Gasteiger charge is 2.33. The molecule has 8 heteroatoms. The second-order valence-corrected chi connectivity index (χ2v) is 10.0. The SMILES string of the molecule is O=C1CCc2ccc(cc2)Oc2ccc3c(c2)CCN(C(=O)c2ccnnc2)C3c2cccc(c2)OCCCN1. The number of hydrogen-bond donors (Lipinski definition) is 1. The largest absolute Gasteiger partial charge is 0.494 e. The van der Waals surface area contributed by atoms with Crippen molar-refractivity contribution in [2.24, 2.45) is 0 Å². The molecule has 4 aliphatic heterocycles. The maximum atomic E-state index is 13.7. The molecule has 8 nitrogen and oxygen atoms in total. The summed E-state index contributed by atoms with van der Waals surface area (Å²) in [6.45, 7) is 1.56. The van der Waals surface area contributed by atoms with E-state index >= 15 is 0 Å². The summed E-state index contributed by atoms with van der Waals surface area (Å²) < 4.78 is 12.3. The first kappa shape index (κ1) is 25.6. The van der Waals surface area contributed by atoms with Crippen molar-refractivity contribution in [3.63, 3.8) is 0 Å². The van der Waals surface area contributed by atoms with Gasteiger partial charge < -0.3 is 19.7 Å². The van der Waals surface area contributed by atoms with Gasteiger partial charge in [-0.3, -0.25) is 9.59 Å². The van der Waals surface area contributed by atoms with Gasteiger partial charge >= 0.3 is 0 Å². The van der Waals surface area contributed by atoms with Gasteiger partial charge in [0.15, 0.2) is 0 Å². The van der Waals surface area contributed by atoms with Gasteiger partial charge in [0.1, 0.15) is 17.2 Å². The molecule has 2 amide bonds. The molecule has 40 heavy (non-hydrogen) atoms. The van der Waals surface area contributed by atoms with Crippen molar-refractivity contribution in [1.29, 1.82) is 0 Å². The normalized spacial score (nSPS) is 17.2. The summed E-state index contributed by atoms with van der Waals surface area (Å²) in [7, 11) is 0. The van der Waals surface area contributed by atoms with E-state index in [0.29, 0.717) is 50.9 Å². The number of carbonyl (C=O) groups excluding carboxylic acids is 2. The highest BCUT2D eigenvalue weighted by Crippen LogP contribution is 2.39. The maximum Gasteiger partial charge on any atom is 0.256 e. The van der Waals surface area contributed by atoms with Gasteiger partial charge in [0, 0.05) is 19.5 Å². The molecule has 3 aromatic carbocycles. The van der Waals surface area contributed by atoms with E-state index in [1.165, 1.54) is 12.4 Å². The van der Waals surface area contributed by atoms with Gasteiger partial charge in [0.05, 0.1) is 30.6 Å². The minimum atomic E-state index is -0.310. The van der Waals surface area contributed by atoms with Crippen LogP contribution >= 0.6 is 0 Å². The monoisotopic (exact) mass is 534 g/mol. The van der Waals surface area contributed by atoms with Gasteiger partial charge in [0.25, 0.3) is 5.91 Å². The number of aryl methyl sites for hydroxylation is 1. The number of nitrogens with zero attached hydrogens (tertiary/aromatic N) is 3. The Labute approximate surface area is 233 Å². The molecular formula is C32H30N4O4. The van der Waals surface area contributed by atoms with Crippen LogP contribution in [0.25, 0.3) is 0 Å². The molecule has 1 N–H and O–H groups in total. The third-order valence-electron chi connectivity index (χ3n) is 7.32. The van der Waals surface area contributed by atoms with E-state index in [9.17, 15) is 9.59 Å². The molecule has 0 saturated carbocycles. The summed E-state index contributed by atoms with van der Waals surface area (Å²) >= 11 is 0. The van der Waals surface area contributed by atoms with Gasteiger partial charge in [-0.1, -0.05) is 30.3 Å². The third kappa shape index (κ3) is 5.66. The maximum absolute atomic E-state index is 13.7. The Morgan fingerprint density at radius 2 is 1.77 bits per heavy atom. The average molecular weight is 535 g/mol. The molecule has 0 saturated heterocycles. The van der Waals surface area contributed by atoms with Crippen molar-refractivity contribution in [3.05, 3.63) is 113 Å². The van der Waals surface area contributed by atoms with Crippen molar-refractivity contribution in [2.45, 2.75) is 31.7 Å². The van der Waals surface area contributed by atoms with Gasteiger partial charge in [0.2, 0.25) is 5.91 Å². The van der Waals surface area contributed by atoms with Crippen LogP contribution < -0.4 is 14.8 Å². The van der Waals surface area contributed by atoms with Crippen molar-refractivity contribution >= 4 is 11.8 Å². The molecule has 0 fully saturated rings. The van der Waals surface area contributed by atoms with Crippen molar-refractivity contribution < 1.29 is 19.1 Å². The number of ether oxygens (including phenoxy) is 2. The molecule has 8 rings (SSSR count). The summed E-state index contributed by atoms with van der Waals surface area (Å²) in [4.78, 5) is 27.9. The van der Waals surface area contributed by atoms with Crippen LogP contribution in [0.15, 0.2) is 85.2 Å². The van der Waals surface area contributed by atoms with Crippen LogP contribution in [0.1, 0.15) is 51.5 Å². The zero-order chi connectivity index (χ0) is 27.3. The van der Waals surface area contributed by atoms with E-state index < -0.39 is 0 Å². The first-order valence-corrected chi connectivity index (χ1v) is 13.6. The Balaban J connectivity index is 1.38. The fourth-order valence-electron chi connectivity index (χ4n) is 5.30. The number of nitrogens with one attached hydrogen (secondary N) is 1. The Morgan fingerprint density at radius 3 is 2.62 bits per heavy atom. The van der Waals surface area contributed by atoms with Gasteiger partial charge in [-0.05, 0) is 84.0 Å². The van der Waals surface area contributed by atoms with Crippen LogP contribution in [0.5, 0.6) is 17.2 Å². The zero-order valence-corrected chi connectivity index (χ0v) is 22.1. The topological polar surface area (TPSA) is 93.7 Å². The Bertz CT molecular complexity index is 1510. The summed E-state index contributed by atoms with van der Waals surface area (Å²) in [6.07, 6.45) is 5.53. The highest BCUT2D eigenvalue weighted by molar-refractivity contribution is 5.94. The standard InChI is InChI=1S/C32H30N4O4/c37-30-12-7-22-5-8-26(9-6-22)40-28-10-11-29-23(19-28)14-17-36(32(38)25-13-16-34-35-21-25)31(29)24-3-1-4-27(20-24)39-18-2-15-33-30/h1,3-6,8-11,13,16,19-21,31H,2,7,12,14-15,17-18H2,(H,33,37). The van der Waals surface area contributed by atoms with E-state index in [1.807, 2.05) is 59.5 Å². The lowest BCUT2D eigenvalue weighted by atomic mass is 9.87. The predicted molar refractivity (Wildman–Crippen MR) is 149 cm³/mol. The molecule has 5 heterocycles. The van der Waals surface area contributed by atoms with E-state index in [-0.39, 0.29) is 17.9 Å². The molecule has 1 atom stereocenters. The van der Waals surface area contributed by atoms with Gasteiger partial charge in [-0.2, -0.15) is 10.2 Å². The van der Waals surface area contributed by atoms with E-state index in [1.54, 1.807) is 6.07 Å². The summed E-state index contributed by atoms with van der Waals surface area (Å²) in [5, 5.41) is 10.7. The van der Waals surface area contributed by atoms with Crippen molar-refractivity contribution in [1.82, 2.24) is 20.4 Å². The smallest absolute Gasteiger partial charge is 0.256 e. The molecule has 202 valence electrons. The first-order chi connectivity index (χ1) is 19.6. The van der Waals surface area contributed by atoms with Crippen LogP contribution in [-0.4, -0.2) is 46.6 Å². The Hall–Kier alpha value is -4.72. The van der Waals surface area contributed by atoms with Crippen LogP contribution in [0, 0.1) is 0 Å². The predicted octanol–water partition coefficient (Wildman–Crippen LogP) is 4.89. The number of hydrogen-bond acceptors (Lipinski definition) is 6. The quantitative estimate of drug-likeness (QED) is 0.374. The number of fused-ring (bicyclic) bond motifs is 1. The number of rotatable bonds is 1. The molecule has 0 spiro atoms. The molecule has 4 aromatic rings.